The number of rotatable bonds is 1. The zero-order chi connectivity index (χ0) is 12.6. The molecule has 0 aliphatic heterocycles. The third kappa shape index (κ3) is 2.31. The average Bonchev–Trinajstić information content (AvgIpc) is 2.58. The second kappa shape index (κ2) is 4.67. The third-order valence-corrected chi connectivity index (χ3v) is 3.53. The fourth-order valence-corrected chi connectivity index (χ4v) is 2.62. The lowest BCUT2D eigenvalue weighted by Crippen LogP contribution is -2.15. The number of aromatic nitrogens is 1. The van der Waals surface area contributed by atoms with Crippen molar-refractivity contribution in [2.45, 2.75) is 13.8 Å². The van der Waals surface area contributed by atoms with Crippen molar-refractivity contribution in [3.8, 4) is 0 Å². The highest BCUT2D eigenvalue weighted by Gasteiger charge is 2.15. The highest BCUT2D eigenvalue weighted by atomic mass is 79.9. The normalized spacial score (nSPS) is 10.6. The van der Waals surface area contributed by atoms with Gasteiger partial charge in [0.25, 0.3) is 5.91 Å². The maximum Gasteiger partial charge on any atom is 0.263 e. The Balaban J connectivity index is 2.51. The standard InChI is InChI=1S/C13H11BrClNO/c1-8-3-4-9(2)16(8)13(17)11-6-5-10(15)7-12(11)14/h3-7H,1-2H3. The monoisotopic (exact) mass is 311 g/mol. The van der Waals surface area contributed by atoms with Crippen molar-refractivity contribution in [1.82, 2.24) is 4.57 Å². The number of hydrogen-bond donors (Lipinski definition) is 0. The minimum Gasteiger partial charge on any atom is -0.285 e. The van der Waals surface area contributed by atoms with Crippen molar-refractivity contribution in [1.29, 1.82) is 0 Å². The molecule has 0 unspecified atom stereocenters. The summed E-state index contributed by atoms with van der Waals surface area (Å²) < 4.78 is 2.40. The quantitative estimate of drug-likeness (QED) is 0.773. The van der Waals surface area contributed by atoms with Gasteiger partial charge in [-0.3, -0.25) is 9.36 Å². The smallest absolute Gasteiger partial charge is 0.263 e. The van der Waals surface area contributed by atoms with Crippen LogP contribution in [0.1, 0.15) is 21.7 Å². The molecular formula is C13H11BrClNO. The molecule has 0 spiro atoms. The van der Waals surface area contributed by atoms with E-state index >= 15 is 0 Å². The summed E-state index contributed by atoms with van der Waals surface area (Å²) in [6.07, 6.45) is 0. The second-order valence-electron chi connectivity index (χ2n) is 3.88. The molecule has 1 aromatic heterocycles. The minimum absolute atomic E-state index is 0.0476. The lowest BCUT2D eigenvalue weighted by molar-refractivity contribution is 0.0955. The van der Waals surface area contributed by atoms with Crippen molar-refractivity contribution in [3.63, 3.8) is 0 Å². The summed E-state index contributed by atoms with van der Waals surface area (Å²) in [6.45, 7) is 3.82. The van der Waals surface area contributed by atoms with Gasteiger partial charge in [-0.05, 0) is 60.1 Å². The van der Waals surface area contributed by atoms with Crippen LogP contribution >= 0.6 is 27.5 Å². The van der Waals surface area contributed by atoms with E-state index < -0.39 is 0 Å². The summed E-state index contributed by atoms with van der Waals surface area (Å²) in [5.41, 5.74) is 2.46. The first kappa shape index (κ1) is 12.4. The summed E-state index contributed by atoms with van der Waals surface area (Å²) >= 11 is 9.22. The molecule has 2 rings (SSSR count). The molecule has 0 amide bonds. The van der Waals surface area contributed by atoms with Gasteiger partial charge in [0.1, 0.15) is 0 Å². The van der Waals surface area contributed by atoms with Crippen LogP contribution in [-0.4, -0.2) is 10.5 Å². The topological polar surface area (TPSA) is 22.0 Å². The number of aryl methyl sites for hydroxylation is 2. The molecule has 0 aliphatic rings. The minimum atomic E-state index is -0.0476. The van der Waals surface area contributed by atoms with Gasteiger partial charge < -0.3 is 0 Å². The van der Waals surface area contributed by atoms with Crippen LogP contribution in [0.3, 0.4) is 0 Å². The summed E-state index contributed by atoms with van der Waals surface area (Å²) in [5.74, 6) is -0.0476. The maximum absolute atomic E-state index is 12.4. The van der Waals surface area contributed by atoms with E-state index in [0.717, 1.165) is 11.4 Å². The maximum atomic E-state index is 12.4. The van der Waals surface area contributed by atoms with E-state index in [1.165, 1.54) is 0 Å². The van der Waals surface area contributed by atoms with Gasteiger partial charge in [-0.1, -0.05) is 11.6 Å². The van der Waals surface area contributed by atoms with Crippen molar-refractivity contribution >= 4 is 33.4 Å². The molecule has 2 nitrogen and oxygen atoms in total. The van der Waals surface area contributed by atoms with Crippen molar-refractivity contribution in [2.75, 3.05) is 0 Å². The van der Waals surface area contributed by atoms with E-state index in [9.17, 15) is 4.79 Å². The van der Waals surface area contributed by atoms with Crippen molar-refractivity contribution in [3.05, 3.63) is 56.8 Å². The van der Waals surface area contributed by atoms with Gasteiger partial charge in [0, 0.05) is 20.9 Å². The van der Waals surface area contributed by atoms with Crippen LogP contribution in [0.5, 0.6) is 0 Å². The van der Waals surface area contributed by atoms with Crippen LogP contribution in [0.25, 0.3) is 0 Å². The molecule has 1 aromatic carbocycles. The van der Waals surface area contributed by atoms with Gasteiger partial charge in [-0.15, -0.1) is 0 Å². The molecule has 0 aliphatic carbocycles. The molecule has 0 fully saturated rings. The number of halogens is 2. The predicted octanol–water partition coefficient (Wildman–Crippen LogP) is 4.21. The van der Waals surface area contributed by atoms with Crippen molar-refractivity contribution < 1.29 is 4.79 Å². The van der Waals surface area contributed by atoms with Gasteiger partial charge in [0.05, 0.1) is 5.56 Å². The Morgan fingerprint density at radius 1 is 1.18 bits per heavy atom. The summed E-state index contributed by atoms with van der Waals surface area (Å²) in [5, 5.41) is 0.606. The molecule has 88 valence electrons. The second-order valence-corrected chi connectivity index (χ2v) is 5.17. The van der Waals surface area contributed by atoms with Gasteiger partial charge >= 0.3 is 0 Å². The lowest BCUT2D eigenvalue weighted by atomic mass is 10.2. The fraction of sp³-hybridized carbons (Fsp3) is 0.154. The highest BCUT2D eigenvalue weighted by molar-refractivity contribution is 9.10. The van der Waals surface area contributed by atoms with E-state index in [4.69, 9.17) is 11.6 Å². The molecule has 0 N–H and O–H groups in total. The van der Waals surface area contributed by atoms with Crippen LogP contribution < -0.4 is 0 Å². The molecule has 0 radical (unpaired) electrons. The predicted molar refractivity (Wildman–Crippen MR) is 72.8 cm³/mol. The Morgan fingerprint density at radius 2 is 1.76 bits per heavy atom. The van der Waals surface area contributed by atoms with Gasteiger partial charge in [-0.25, -0.2) is 0 Å². The van der Waals surface area contributed by atoms with Crippen LogP contribution in [0.4, 0.5) is 0 Å². The van der Waals surface area contributed by atoms with E-state index in [1.807, 2.05) is 26.0 Å². The lowest BCUT2D eigenvalue weighted by Gasteiger charge is -2.09. The molecule has 17 heavy (non-hydrogen) atoms. The zero-order valence-electron chi connectivity index (χ0n) is 9.50. The molecule has 0 saturated heterocycles. The molecule has 2 aromatic rings. The third-order valence-electron chi connectivity index (χ3n) is 2.64. The summed E-state index contributed by atoms with van der Waals surface area (Å²) in [4.78, 5) is 12.4. The molecule has 0 bridgehead atoms. The molecule has 0 saturated carbocycles. The first-order valence-corrected chi connectivity index (χ1v) is 6.32. The van der Waals surface area contributed by atoms with E-state index in [1.54, 1.807) is 22.8 Å². The number of benzene rings is 1. The first-order valence-electron chi connectivity index (χ1n) is 5.15. The number of carbonyl (C=O) groups is 1. The molecular weight excluding hydrogens is 302 g/mol. The van der Waals surface area contributed by atoms with Crippen LogP contribution in [-0.2, 0) is 0 Å². The van der Waals surface area contributed by atoms with Crippen molar-refractivity contribution in [2.24, 2.45) is 0 Å². The SMILES string of the molecule is Cc1ccc(C)n1C(=O)c1ccc(Cl)cc1Br. The van der Waals surface area contributed by atoms with Crippen LogP contribution in [0.2, 0.25) is 5.02 Å². The summed E-state index contributed by atoms with van der Waals surface area (Å²) in [6, 6.07) is 9.03. The fourth-order valence-electron chi connectivity index (χ4n) is 1.77. The molecule has 0 atom stereocenters. The van der Waals surface area contributed by atoms with Gasteiger partial charge in [0.2, 0.25) is 0 Å². The average molecular weight is 313 g/mol. The Labute approximate surface area is 113 Å². The summed E-state index contributed by atoms with van der Waals surface area (Å²) in [7, 11) is 0. The van der Waals surface area contributed by atoms with Crippen LogP contribution in [0, 0.1) is 13.8 Å². The number of hydrogen-bond acceptors (Lipinski definition) is 1. The number of carbonyl (C=O) groups excluding carboxylic acids is 1. The van der Waals surface area contributed by atoms with E-state index in [2.05, 4.69) is 15.9 Å². The Morgan fingerprint density at radius 3 is 2.29 bits per heavy atom. The van der Waals surface area contributed by atoms with E-state index in [0.29, 0.717) is 15.1 Å². The van der Waals surface area contributed by atoms with Gasteiger partial charge in [0.15, 0.2) is 0 Å². The largest absolute Gasteiger partial charge is 0.285 e. The Kier molecular flexibility index (Phi) is 3.40. The first-order chi connectivity index (χ1) is 8.00. The number of nitrogens with zero attached hydrogens (tertiary/aromatic N) is 1. The molecule has 4 heteroatoms. The Bertz CT molecular complexity index is 570. The van der Waals surface area contributed by atoms with Gasteiger partial charge in [-0.2, -0.15) is 0 Å². The van der Waals surface area contributed by atoms with E-state index in [-0.39, 0.29) is 5.91 Å². The zero-order valence-corrected chi connectivity index (χ0v) is 11.8. The van der Waals surface area contributed by atoms with Crippen LogP contribution in [0.15, 0.2) is 34.8 Å². The highest BCUT2D eigenvalue weighted by Crippen LogP contribution is 2.23. The Hall–Kier alpha value is -1.06. The molecule has 1 heterocycles.